The Hall–Kier alpha value is -4.45. The molecule has 168 valence electrons. The molecule has 0 atom stereocenters. The quantitative estimate of drug-likeness (QED) is 0.268. The van der Waals surface area contributed by atoms with Gasteiger partial charge in [-0.1, -0.05) is 67.6 Å². The molecule has 0 N–H and O–H groups in total. The highest BCUT2D eigenvalue weighted by Gasteiger charge is 2.21. The monoisotopic (exact) mass is 449 g/mol. The Bertz CT molecular complexity index is 1430. The van der Waals surface area contributed by atoms with Crippen LogP contribution >= 0.6 is 0 Å². The van der Waals surface area contributed by atoms with E-state index >= 15 is 0 Å². The average Bonchev–Trinajstić information content (AvgIpc) is 3.32. The van der Waals surface area contributed by atoms with E-state index in [4.69, 9.17) is 9.47 Å². The predicted octanol–water partition coefficient (Wildman–Crippen LogP) is 6.42. The summed E-state index contributed by atoms with van der Waals surface area (Å²) in [5.41, 5.74) is 4.37. The van der Waals surface area contributed by atoms with Gasteiger partial charge in [-0.25, -0.2) is 14.3 Å². The van der Waals surface area contributed by atoms with Gasteiger partial charge in [0.25, 0.3) is 0 Å². The van der Waals surface area contributed by atoms with Crippen molar-refractivity contribution in [1.82, 2.24) is 14.6 Å². The second-order valence-corrected chi connectivity index (χ2v) is 7.76. The van der Waals surface area contributed by atoms with Gasteiger partial charge < -0.3 is 9.47 Å². The molecule has 2 aromatic heterocycles. The Labute approximate surface area is 197 Å². The van der Waals surface area contributed by atoms with Crippen molar-refractivity contribution in [2.75, 3.05) is 6.61 Å². The number of benzene rings is 3. The summed E-state index contributed by atoms with van der Waals surface area (Å²) in [6.45, 7) is 2.31. The number of aromatic nitrogens is 3. The van der Waals surface area contributed by atoms with Crippen LogP contribution in [0.25, 0.3) is 28.0 Å². The number of fused-ring (bicyclic) bond motifs is 1. The van der Waals surface area contributed by atoms with Crippen LogP contribution in [0.2, 0.25) is 0 Å². The summed E-state index contributed by atoms with van der Waals surface area (Å²) in [5.74, 6) is 1.02. The van der Waals surface area contributed by atoms with Crippen LogP contribution in [0.4, 0.5) is 0 Å². The van der Waals surface area contributed by atoms with Crippen molar-refractivity contribution in [3.63, 3.8) is 0 Å². The van der Waals surface area contributed by atoms with Gasteiger partial charge in [0, 0.05) is 17.3 Å². The molecule has 0 unspecified atom stereocenters. The zero-order valence-corrected chi connectivity index (χ0v) is 18.7. The van der Waals surface area contributed by atoms with Crippen molar-refractivity contribution in [2.45, 2.75) is 13.3 Å². The molecule has 0 saturated heterocycles. The molecule has 0 aliphatic carbocycles. The molecule has 0 bridgehead atoms. The summed E-state index contributed by atoms with van der Waals surface area (Å²) in [7, 11) is 0. The van der Waals surface area contributed by atoms with E-state index in [1.165, 1.54) is 6.20 Å². The van der Waals surface area contributed by atoms with E-state index in [0.717, 1.165) is 34.6 Å². The zero-order valence-electron chi connectivity index (χ0n) is 18.7. The molecule has 6 nitrogen and oxygen atoms in total. The summed E-state index contributed by atoms with van der Waals surface area (Å²) in [6.07, 6.45) is 4.04. The number of para-hydroxylation sites is 1. The smallest absolute Gasteiger partial charge is 0.343 e. The lowest BCUT2D eigenvalue weighted by atomic mass is 10.0. The van der Waals surface area contributed by atoms with Crippen LogP contribution in [0.1, 0.15) is 23.7 Å². The summed E-state index contributed by atoms with van der Waals surface area (Å²) in [4.78, 5) is 17.2. The molecular formula is C28H23N3O3. The first-order valence-electron chi connectivity index (χ1n) is 11.2. The first kappa shape index (κ1) is 21.4. The number of carbonyl (C=O) groups excluding carboxylic acids is 1. The SMILES string of the molecule is CCCOC(=O)c1cnn2c(-c3cccc(Oc4ccccc4)c3)c(-c3ccccc3)cnc12. The van der Waals surface area contributed by atoms with Crippen molar-refractivity contribution in [2.24, 2.45) is 0 Å². The van der Waals surface area contributed by atoms with Gasteiger partial charge in [0.2, 0.25) is 0 Å². The van der Waals surface area contributed by atoms with E-state index < -0.39 is 5.97 Å². The molecule has 5 aromatic rings. The minimum Gasteiger partial charge on any atom is -0.462 e. The molecular weight excluding hydrogens is 426 g/mol. The highest BCUT2D eigenvalue weighted by Crippen LogP contribution is 2.35. The van der Waals surface area contributed by atoms with Crippen molar-refractivity contribution >= 4 is 11.6 Å². The van der Waals surface area contributed by atoms with Crippen LogP contribution in [-0.4, -0.2) is 27.2 Å². The average molecular weight is 450 g/mol. The topological polar surface area (TPSA) is 65.7 Å². The van der Waals surface area contributed by atoms with Gasteiger partial charge in [0.15, 0.2) is 5.65 Å². The Balaban J connectivity index is 1.66. The van der Waals surface area contributed by atoms with Crippen molar-refractivity contribution in [3.05, 3.63) is 103 Å². The number of ether oxygens (including phenoxy) is 2. The van der Waals surface area contributed by atoms with Gasteiger partial charge >= 0.3 is 5.97 Å². The van der Waals surface area contributed by atoms with E-state index in [1.807, 2.05) is 91.9 Å². The van der Waals surface area contributed by atoms with Gasteiger partial charge in [-0.05, 0) is 36.2 Å². The second kappa shape index (κ2) is 9.58. The van der Waals surface area contributed by atoms with E-state index in [0.29, 0.717) is 23.6 Å². The third-order valence-corrected chi connectivity index (χ3v) is 5.36. The summed E-state index contributed by atoms with van der Waals surface area (Å²) in [6, 6.07) is 27.4. The number of hydrogen-bond donors (Lipinski definition) is 0. The van der Waals surface area contributed by atoms with Crippen molar-refractivity contribution < 1.29 is 14.3 Å². The van der Waals surface area contributed by atoms with Crippen LogP contribution < -0.4 is 4.74 Å². The third kappa shape index (κ3) is 4.26. The van der Waals surface area contributed by atoms with Gasteiger partial charge in [-0.3, -0.25) is 0 Å². The Morgan fingerprint density at radius 3 is 2.32 bits per heavy atom. The van der Waals surface area contributed by atoms with Gasteiger partial charge in [-0.2, -0.15) is 5.10 Å². The number of carbonyl (C=O) groups is 1. The van der Waals surface area contributed by atoms with Gasteiger partial charge in [0.1, 0.15) is 17.1 Å². The van der Waals surface area contributed by atoms with Gasteiger partial charge in [-0.15, -0.1) is 0 Å². The minimum atomic E-state index is -0.427. The van der Waals surface area contributed by atoms with Crippen LogP contribution in [0.3, 0.4) is 0 Å². The molecule has 2 heterocycles. The lowest BCUT2D eigenvalue weighted by Crippen LogP contribution is -2.07. The Morgan fingerprint density at radius 2 is 1.56 bits per heavy atom. The maximum Gasteiger partial charge on any atom is 0.343 e. The molecule has 0 saturated carbocycles. The summed E-state index contributed by atoms with van der Waals surface area (Å²) < 4.78 is 13.1. The Morgan fingerprint density at radius 1 is 0.853 bits per heavy atom. The number of esters is 1. The number of rotatable bonds is 7. The third-order valence-electron chi connectivity index (χ3n) is 5.36. The van der Waals surface area contributed by atoms with Crippen LogP contribution in [-0.2, 0) is 4.74 Å². The second-order valence-electron chi connectivity index (χ2n) is 7.76. The molecule has 0 amide bonds. The van der Waals surface area contributed by atoms with Gasteiger partial charge in [0.05, 0.1) is 18.5 Å². The highest BCUT2D eigenvalue weighted by atomic mass is 16.5. The molecule has 0 radical (unpaired) electrons. The molecule has 3 aromatic carbocycles. The fraction of sp³-hybridized carbons (Fsp3) is 0.107. The van der Waals surface area contributed by atoms with E-state index in [9.17, 15) is 4.79 Å². The first-order valence-corrected chi connectivity index (χ1v) is 11.2. The van der Waals surface area contributed by atoms with Crippen LogP contribution in [0.5, 0.6) is 11.5 Å². The zero-order chi connectivity index (χ0) is 23.3. The largest absolute Gasteiger partial charge is 0.462 e. The maximum atomic E-state index is 12.6. The molecule has 0 spiro atoms. The standard InChI is InChI=1S/C28H23N3O3/c1-2-16-33-28(32)25-19-30-31-26(24(18-29-27(25)31)20-10-5-3-6-11-20)21-12-9-15-23(17-21)34-22-13-7-4-8-14-22/h3-15,17-19H,2,16H2,1H3. The molecule has 0 aliphatic heterocycles. The molecule has 5 rings (SSSR count). The minimum absolute atomic E-state index is 0.339. The Kier molecular flexibility index (Phi) is 6.03. The molecule has 6 heteroatoms. The summed E-state index contributed by atoms with van der Waals surface area (Å²) in [5, 5.41) is 4.54. The normalized spacial score (nSPS) is 10.9. The van der Waals surface area contributed by atoms with E-state index in [-0.39, 0.29) is 0 Å². The molecule has 0 fully saturated rings. The lowest BCUT2D eigenvalue weighted by molar-refractivity contribution is 0.0507. The highest BCUT2D eigenvalue weighted by molar-refractivity contribution is 5.96. The predicted molar refractivity (Wildman–Crippen MR) is 131 cm³/mol. The molecule has 34 heavy (non-hydrogen) atoms. The van der Waals surface area contributed by atoms with E-state index in [1.54, 1.807) is 10.7 Å². The van der Waals surface area contributed by atoms with Crippen LogP contribution in [0.15, 0.2) is 97.3 Å². The van der Waals surface area contributed by atoms with Crippen molar-refractivity contribution in [1.29, 1.82) is 0 Å². The fourth-order valence-corrected chi connectivity index (χ4v) is 3.79. The maximum absolute atomic E-state index is 12.6. The number of nitrogens with zero attached hydrogens (tertiary/aromatic N) is 3. The summed E-state index contributed by atoms with van der Waals surface area (Å²) >= 11 is 0. The lowest BCUT2D eigenvalue weighted by Gasteiger charge is -2.14. The fourth-order valence-electron chi connectivity index (χ4n) is 3.79. The number of hydrogen-bond acceptors (Lipinski definition) is 5. The van der Waals surface area contributed by atoms with E-state index in [2.05, 4.69) is 10.1 Å². The van der Waals surface area contributed by atoms with Crippen LogP contribution in [0, 0.1) is 0 Å². The molecule has 0 aliphatic rings. The first-order chi connectivity index (χ1) is 16.7. The van der Waals surface area contributed by atoms with Crippen molar-refractivity contribution in [3.8, 4) is 33.9 Å².